The summed E-state index contributed by atoms with van der Waals surface area (Å²) in [5.74, 6) is 0.742. The van der Waals surface area contributed by atoms with Gasteiger partial charge in [-0.1, -0.05) is 6.92 Å². The molecular formula is C9H17NO. The first-order valence-corrected chi connectivity index (χ1v) is 4.49. The molecule has 2 unspecified atom stereocenters. The van der Waals surface area contributed by atoms with Gasteiger partial charge in [0.15, 0.2) is 0 Å². The maximum absolute atomic E-state index is 11.4. The van der Waals surface area contributed by atoms with Crippen LogP contribution in [0.15, 0.2) is 0 Å². The van der Waals surface area contributed by atoms with E-state index in [0.717, 1.165) is 19.3 Å². The largest absolute Gasteiger partial charge is 0.316 e. The molecule has 2 heteroatoms. The van der Waals surface area contributed by atoms with E-state index in [0.29, 0.717) is 11.8 Å². The normalized spacial score (nSPS) is 32.4. The Labute approximate surface area is 68.4 Å². The zero-order chi connectivity index (χ0) is 8.27. The molecule has 0 aromatic heterocycles. The molecule has 0 aliphatic heterocycles. The average Bonchev–Trinajstić information content (AvgIpc) is 2.04. The molecular weight excluding hydrogens is 138 g/mol. The van der Waals surface area contributed by atoms with Crippen molar-refractivity contribution in [2.75, 3.05) is 7.05 Å². The lowest BCUT2D eigenvalue weighted by atomic mass is 9.82. The van der Waals surface area contributed by atoms with Gasteiger partial charge in [-0.25, -0.2) is 0 Å². The number of nitrogens with one attached hydrogen (secondary N) is 1. The van der Waals surface area contributed by atoms with E-state index < -0.39 is 0 Å². The molecule has 0 radical (unpaired) electrons. The molecule has 2 nitrogen and oxygen atoms in total. The SMILES string of the molecule is CCC1C(=O)CCCC1NC. The molecule has 11 heavy (non-hydrogen) atoms. The van der Waals surface area contributed by atoms with Crippen LogP contribution in [-0.4, -0.2) is 18.9 Å². The van der Waals surface area contributed by atoms with Gasteiger partial charge in [0.2, 0.25) is 0 Å². The molecule has 1 aliphatic rings. The zero-order valence-corrected chi connectivity index (χ0v) is 7.39. The van der Waals surface area contributed by atoms with Crippen molar-refractivity contribution in [1.29, 1.82) is 0 Å². The third-order valence-electron chi connectivity index (χ3n) is 2.65. The van der Waals surface area contributed by atoms with Crippen LogP contribution in [0, 0.1) is 5.92 Å². The quantitative estimate of drug-likeness (QED) is 0.652. The molecule has 0 spiro atoms. The van der Waals surface area contributed by atoms with Gasteiger partial charge >= 0.3 is 0 Å². The maximum atomic E-state index is 11.4. The van der Waals surface area contributed by atoms with Crippen LogP contribution in [0.4, 0.5) is 0 Å². The summed E-state index contributed by atoms with van der Waals surface area (Å²) < 4.78 is 0. The van der Waals surface area contributed by atoms with Crippen LogP contribution in [0.25, 0.3) is 0 Å². The van der Waals surface area contributed by atoms with Crippen LogP contribution in [0.1, 0.15) is 32.6 Å². The van der Waals surface area contributed by atoms with Crippen LogP contribution in [0.3, 0.4) is 0 Å². The van der Waals surface area contributed by atoms with Crippen LogP contribution in [0.5, 0.6) is 0 Å². The zero-order valence-electron chi connectivity index (χ0n) is 7.39. The Kier molecular flexibility index (Phi) is 3.06. The van der Waals surface area contributed by atoms with Gasteiger partial charge in [0.25, 0.3) is 0 Å². The summed E-state index contributed by atoms with van der Waals surface area (Å²) in [6.45, 7) is 2.10. The van der Waals surface area contributed by atoms with E-state index in [1.165, 1.54) is 6.42 Å². The van der Waals surface area contributed by atoms with Crippen molar-refractivity contribution < 1.29 is 4.79 Å². The molecule has 2 atom stereocenters. The molecule has 1 aliphatic carbocycles. The molecule has 64 valence electrons. The minimum absolute atomic E-state index is 0.286. The fourth-order valence-corrected chi connectivity index (χ4v) is 1.96. The van der Waals surface area contributed by atoms with Crippen molar-refractivity contribution in [1.82, 2.24) is 5.32 Å². The summed E-state index contributed by atoms with van der Waals surface area (Å²) in [6.07, 6.45) is 4.03. The lowest BCUT2D eigenvalue weighted by molar-refractivity contribution is -0.125. The van der Waals surface area contributed by atoms with Gasteiger partial charge in [0.05, 0.1) is 0 Å². The summed E-state index contributed by atoms with van der Waals surface area (Å²) in [6, 6.07) is 0.446. The van der Waals surface area contributed by atoms with E-state index in [4.69, 9.17) is 0 Å². The number of Topliss-reactive ketones (excluding diaryl/α,β-unsaturated/α-hetero) is 1. The first-order valence-electron chi connectivity index (χ1n) is 4.49. The van der Waals surface area contributed by atoms with Crippen molar-refractivity contribution in [3.05, 3.63) is 0 Å². The predicted octanol–water partition coefficient (Wildman–Crippen LogP) is 1.35. The summed E-state index contributed by atoms with van der Waals surface area (Å²) in [4.78, 5) is 11.4. The highest BCUT2D eigenvalue weighted by Crippen LogP contribution is 2.23. The van der Waals surface area contributed by atoms with E-state index in [2.05, 4.69) is 12.2 Å². The van der Waals surface area contributed by atoms with Gasteiger partial charge in [-0.2, -0.15) is 0 Å². The van der Waals surface area contributed by atoms with E-state index in [1.807, 2.05) is 7.05 Å². The van der Waals surface area contributed by atoms with Gasteiger partial charge in [-0.15, -0.1) is 0 Å². The number of rotatable bonds is 2. The average molecular weight is 155 g/mol. The van der Waals surface area contributed by atoms with Crippen molar-refractivity contribution in [3.63, 3.8) is 0 Å². The fraction of sp³-hybridized carbons (Fsp3) is 0.889. The molecule has 0 heterocycles. The standard InChI is InChI=1S/C9H17NO/c1-3-7-8(10-2)5-4-6-9(7)11/h7-8,10H,3-6H2,1-2H3. The smallest absolute Gasteiger partial charge is 0.137 e. The number of carbonyl (C=O) groups is 1. The maximum Gasteiger partial charge on any atom is 0.137 e. The number of hydrogen-bond donors (Lipinski definition) is 1. The Balaban J connectivity index is 2.56. The summed E-state index contributed by atoms with van der Waals surface area (Å²) >= 11 is 0. The highest BCUT2D eigenvalue weighted by atomic mass is 16.1. The van der Waals surface area contributed by atoms with Crippen molar-refractivity contribution in [3.8, 4) is 0 Å². The van der Waals surface area contributed by atoms with E-state index in [-0.39, 0.29) is 5.92 Å². The topological polar surface area (TPSA) is 29.1 Å². The lowest BCUT2D eigenvalue weighted by Crippen LogP contribution is -2.40. The van der Waals surface area contributed by atoms with E-state index in [1.54, 1.807) is 0 Å². The Morgan fingerprint density at radius 1 is 1.64 bits per heavy atom. The summed E-state index contributed by atoms with van der Waals surface area (Å²) in [5, 5.41) is 3.21. The first kappa shape index (κ1) is 8.72. The van der Waals surface area contributed by atoms with E-state index in [9.17, 15) is 4.79 Å². The van der Waals surface area contributed by atoms with Crippen molar-refractivity contribution in [2.45, 2.75) is 38.6 Å². The highest BCUT2D eigenvalue weighted by Gasteiger charge is 2.28. The van der Waals surface area contributed by atoms with Crippen molar-refractivity contribution in [2.24, 2.45) is 5.92 Å². The monoisotopic (exact) mass is 155 g/mol. The molecule has 0 amide bonds. The molecule has 1 fully saturated rings. The second-order valence-electron chi connectivity index (χ2n) is 3.27. The van der Waals surface area contributed by atoms with Gasteiger partial charge in [0.1, 0.15) is 5.78 Å². The second-order valence-corrected chi connectivity index (χ2v) is 3.27. The number of carbonyl (C=O) groups excluding carboxylic acids is 1. The van der Waals surface area contributed by atoms with Gasteiger partial charge in [-0.05, 0) is 26.3 Å². The number of hydrogen-bond acceptors (Lipinski definition) is 2. The van der Waals surface area contributed by atoms with Gasteiger partial charge in [-0.3, -0.25) is 4.79 Å². The van der Waals surface area contributed by atoms with Crippen molar-refractivity contribution >= 4 is 5.78 Å². The second kappa shape index (κ2) is 3.86. The third-order valence-corrected chi connectivity index (χ3v) is 2.65. The molecule has 1 saturated carbocycles. The van der Waals surface area contributed by atoms with Crippen LogP contribution < -0.4 is 5.32 Å². The molecule has 0 saturated heterocycles. The lowest BCUT2D eigenvalue weighted by Gasteiger charge is -2.29. The molecule has 1 N–H and O–H groups in total. The van der Waals surface area contributed by atoms with Crippen LogP contribution in [-0.2, 0) is 4.79 Å². The first-order chi connectivity index (χ1) is 5.29. The predicted molar refractivity (Wildman–Crippen MR) is 45.5 cm³/mol. The highest BCUT2D eigenvalue weighted by molar-refractivity contribution is 5.82. The van der Waals surface area contributed by atoms with Gasteiger partial charge < -0.3 is 5.32 Å². The Bertz CT molecular complexity index is 144. The molecule has 0 aromatic carbocycles. The Morgan fingerprint density at radius 3 is 2.82 bits per heavy atom. The fourth-order valence-electron chi connectivity index (χ4n) is 1.96. The van der Waals surface area contributed by atoms with E-state index >= 15 is 0 Å². The Hall–Kier alpha value is -0.370. The molecule has 0 bridgehead atoms. The van der Waals surface area contributed by atoms with Crippen LogP contribution >= 0.6 is 0 Å². The van der Waals surface area contributed by atoms with Gasteiger partial charge in [0, 0.05) is 18.4 Å². The third kappa shape index (κ3) is 1.80. The Morgan fingerprint density at radius 2 is 2.36 bits per heavy atom. The minimum Gasteiger partial charge on any atom is -0.316 e. The summed E-state index contributed by atoms with van der Waals surface area (Å²) in [7, 11) is 1.95. The number of ketones is 1. The summed E-state index contributed by atoms with van der Waals surface area (Å²) in [5.41, 5.74) is 0. The molecule has 0 aromatic rings. The minimum atomic E-state index is 0.286. The molecule has 1 rings (SSSR count). The van der Waals surface area contributed by atoms with Crippen LogP contribution in [0.2, 0.25) is 0 Å².